The lowest BCUT2D eigenvalue weighted by Gasteiger charge is -1.75. The van der Waals surface area contributed by atoms with E-state index < -0.39 is 0 Å². The first-order valence-corrected chi connectivity index (χ1v) is 3.15. The minimum atomic E-state index is 0.891. The van der Waals surface area contributed by atoms with E-state index in [0.29, 0.717) is 0 Å². The van der Waals surface area contributed by atoms with Crippen LogP contribution < -0.4 is 0 Å². The minimum absolute atomic E-state index is 0.891. The fourth-order valence-corrected chi connectivity index (χ4v) is 1.00. The lowest BCUT2D eigenvalue weighted by atomic mass is 10.5. The maximum Gasteiger partial charge on any atom is 0.155 e. The molecule has 0 radical (unpaired) electrons. The molecule has 2 rings (SSSR count). The molecule has 0 amide bonds. The number of aromatic nitrogens is 4. The van der Waals surface area contributed by atoms with Gasteiger partial charge in [0.1, 0.15) is 5.82 Å². The fourth-order valence-electron chi connectivity index (χ4n) is 1.00. The zero-order valence-corrected chi connectivity index (χ0v) is 5.92. The third-order valence-electron chi connectivity index (χ3n) is 1.37. The molecule has 52 valence electrons. The molecule has 0 aromatic carbocycles. The van der Waals surface area contributed by atoms with Gasteiger partial charge in [0.05, 0.1) is 5.69 Å². The number of fused-ring (bicyclic) bond motifs is 1. The summed E-state index contributed by atoms with van der Waals surface area (Å²) >= 11 is 0. The van der Waals surface area contributed by atoms with Crippen molar-refractivity contribution in [3.05, 3.63) is 17.6 Å². The third kappa shape index (κ3) is 0.618. The van der Waals surface area contributed by atoms with E-state index in [1.54, 1.807) is 4.63 Å². The number of nitrogens with one attached hydrogen (secondary N) is 1. The molecular weight excluding hydrogens is 128 g/mol. The van der Waals surface area contributed by atoms with Crippen LogP contribution in [0, 0.1) is 13.8 Å². The van der Waals surface area contributed by atoms with Gasteiger partial charge in [0.15, 0.2) is 5.65 Å². The van der Waals surface area contributed by atoms with Crippen LogP contribution >= 0.6 is 0 Å². The van der Waals surface area contributed by atoms with Gasteiger partial charge >= 0.3 is 0 Å². The Balaban J connectivity index is 2.83. The Kier molecular flexibility index (Phi) is 0.869. The second kappa shape index (κ2) is 1.59. The molecule has 0 unspecified atom stereocenters. The van der Waals surface area contributed by atoms with Crippen LogP contribution in [0.25, 0.3) is 5.65 Å². The monoisotopic (exact) mass is 136 g/mol. The Bertz CT molecular complexity index is 294. The van der Waals surface area contributed by atoms with Crippen LogP contribution in [0.1, 0.15) is 11.5 Å². The second-order valence-corrected chi connectivity index (χ2v) is 2.37. The first kappa shape index (κ1) is 5.46. The molecule has 0 atom stereocenters. The minimum Gasteiger partial charge on any atom is -0.326 e. The van der Waals surface area contributed by atoms with Gasteiger partial charge in [0.2, 0.25) is 0 Å². The zero-order valence-electron chi connectivity index (χ0n) is 5.92. The molecule has 0 spiro atoms. The van der Waals surface area contributed by atoms with E-state index in [4.69, 9.17) is 0 Å². The SMILES string of the molecule is Cc1cc2[nH]c(C)nn2n1. The number of hydrogen-bond acceptors (Lipinski definition) is 2. The van der Waals surface area contributed by atoms with Crippen molar-refractivity contribution in [2.24, 2.45) is 0 Å². The molecule has 0 saturated carbocycles. The molecule has 4 nitrogen and oxygen atoms in total. The molecule has 4 heteroatoms. The van der Waals surface area contributed by atoms with Crippen molar-refractivity contribution in [3.8, 4) is 0 Å². The van der Waals surface area contributed by atoms with E-state index in [-0.39, 0.29) is 0 Å². The van der Waals surface area contributed by atoms with Crippen LogP contribution in [0.4, 0.5) is 0 Å². The van der Waals surface area contributed by atoms with Gasteiger partial charge in [-0.25, -0.2) is 0 Å². The van der Waals surface area contributed by atoms with E-state index in [2.05, 4.69) is 15.2 Å². The molecule has 2 aromatic heterocycles. The van der Waals surface area contributed by atoms with Crippen molar-refractivity contribution in [3.63, 3.8) is 0 Å². The first-order valence-electron chi connectivity index (χ1n) is 3.15. The molecular formula is C6H8N4. The summed E-state index contributed by atoms with van der Waals surface area (Å²) in [6, 6.07) is 1.96. The van der Waals surface area contributed by atoms with Gasteiger partial charge in [0, 0.05) is 6.07 Å². The number of nitrogens with zero attached hydrogens (tertiary/aromatic N) is 3. The summed E-state index contributed by atoms with van der Waals surface area (Å²) in [6.07, 6.45) is 0. The average Bonchev–Trinajstić information content (AvgIpc) is 2.21. The number of aryl methyl sites for hydroxylation is 2. The highest BCUT2D eigenvalue weighted by Gasteiger charge is 1.99. The van der Waals surface area contributed by atoms with Gasteiger partial charge < -0.3 is 4.98 Å². The van der Waals surface area contributed by atoms with Crippen LogP contribution in [0.3, 0.4) is 0 Å². The molecule has 0 aliphatic rings. The van der Waals surface area contributed by atoms with Gasteiger partial charge in [-0.1, -0.05) is 0 Å². The van der Waals surface area contributed by atoms with Crippen molar-refractivity contribution in [1.29, 1.82) is 0 Å². The van der Waals surface area contributed by atoms with E-state index in [1.165, 1.54) is 0 Å². The number of aromatic amines is 1. The third-order valence-corrected chi connectivity index (χ3v) is 1.37. The Labute approximate surface area is 57.9 Å². The molecule has 10 heavy (non-hydrogen) atoms. The summed E-state index contributed by atoms with van der Waals surface area (Å²) < 4.78 is 1.60. The van der Waals surface area contributed by atoms with E-state index >= 15 is 0 Å². The quantitative estimate of drug-likeness (QED) is 0.578. The Morgan fingerprint density at radius 3 is 2.90 bits per heavy atom. The Hall–Kier alpha value is -1.32. The average molecular weight is 136 g/mol. The van der Waals surface area contributed by atoms with Crippen molar-refractivity contribution < 1.29 is 0 Å². The largest absolute Gasteiger partial charge is 0.326 e. The van der Waals surface area contributed by atoms with E-state index in [0.717, 1.165) is 17.2 Å². The number of hydrogen-bond donors (Lipinski definition) is 1. The lowest BCUT2D eigenvalue weighted by Crippen LogP contribution is -1.86. The van der Waals surface area contributed by atoms with E-state index in [9.17, 15) is 0 Å². The smallest absolute Gasteiger partial charge is 0.155 e. The van der Waals surface area contributed by atoms with Gasteiger partial charge in [-0.3, -0.25) is 0 Å². The predicted molar refractivity (Wildman–Crippen MR) is 36.8 cm³/mol. The summed E-state index contributed by atoms with van der Waals surface area (Å²) in [5, 5.41) is 8.19. The molecule has 0 aliphatic heterocycles. The van der Waals surface area contributed by atoms with Crippen molar-refractivity contribution in [1.82, 2.24) is 19.8 Å². The highest BCUT2D eigenvalue weighted by atomic mass is 15.5. The topological polar surface area (TPSA) is 46.0 Å². The van der Waals surface area contributed by atoms with Crippen LogP contribution in [0.15, 0.2) is 6.07 Å². The maximum absolute atomic E-state index is 4.11. The second-order valence-electron chi connectivity index (χ2n) is 2.37. The Morgan fingerprint density at radius 2 is 2.20 bits per heavy atom. The van der Waals surface area contributed by atoms with Gasteiger partial charge in [0.25, 0.3) is 0 Å². The van der Waals surface area contributed by atoms with Gasteiger partial charge in [-0.15, -0.1) is 9.73 Å². The molecule has 0 fully saturated rings. The van der Waals surface area contributed by atoms with Crippen molar-refractivity contribution in [2.75, 3.05) is 0 Å². The highest BCUT2D eigenvalue weighted by molar-refractivity contribution is 5.37. The van der Waals surface area contributed by atoms with Crippen molar-refractivity contribution >= 4 is 5.65 Å². The number of H-pyrrole nitrogens is 1. The normalized spacial score (nSPS) is 11.0. The first-order chi connectivity index (χ1) is 4.75. The Morgan fingerprint density at radius 1 is 1.40 bits per heavy atom. The fraction of sp³-hybridized carbons (Fsp3) is 0.333. The van der Waals surface area contributed by atoms with Crippen LogP contribution in [0.2, 0.25) is 0 Å². The predicted octanol–water partition coefficient (Wildman–Crippen LogP) is 0.674. The van der Waals surface area contributed by atoms with Gasteiger partial charge in [-0.05, 0) is 13.8 Å². The van der Waals surface area contributed by atoms with Crippen LogP contribution in [-0.2, 0) is 0 Å². The van der Waals surface area contributed by atoms with Crippen LogP contribution in [-0.4, -0.2) is 19.8 Å². The summed E-state index contributed by atoms with van der Waals surface area (Å²) in [6.45, 7) is 3.85. The van der Waals surface area contributed by atoms with Crippen LogP contribution in [0.5, 0.6) is 0 Å². The summed E-state index contributed by atoms with van der Waals surface area (Å²) in [4.78, 5) is 3.07. The molecule has 0 aliphatic carbocycles. The summed E-state index contributed by atoms with van der Waals surface area (Å²) in [5.74, 6) is 0.891. The maximum atomic E-state index is 4.11. The number of rotatable bonds is 0. The van der Waals surface area contributed by atoms with Crippen molar-refractivity contribution in [2.45, 2.75) is 13.8 Å². The van der Waals surface area contributed by atoms with E-state index in [1.807, 2.05) is 19.9 Å². The summed E-state index contributed by atoms with van der Waals surface area (Å²) in [5.41, 5.74) is 1.94. The molecule has 0 saturated heterocycles. The zero-order chi connectivity index (χ0) is 7.14. The molecule has 2 heterocycles. The molecule has 2 aromatic rings. The lowest BCUT2D eigenvalue weighted by molar-refractivity contribution is 0.793. The molecule has 0 bridgehead atoms. The standard InChI is InChI=1S/C6H8N4/c1-4-3-6-7-5(2)9-10(6)8-4/h3H,1-2H3,(H,7,9). The van der Waals surface area contributed by atoms with Gasteiger partial charge in [-0.2, -0.15) is 5.10 Å². The molecule has 1 N–H and O–H groups in total. The summed E-state index contributed by atoms with van der Waals surface area (Å²) in [7, 11) is 0. The highest BCUT2D eigenvalue weighted by Crippen LogP contribution is 2.00.